The van der Waals surface area contributed by atoms with Crippen LogP contribution in [0.3, 0.4) is 0 Å². The van der Waals surface area contributed by atoms with Gasteiger partial charge in [0.1, 0.15) is 6.10 Å². The molecule has 2 rings (SSSR count). The van der Waals surface area contributed by atoms with E-state index in [1.54, 1.807) is 7.11 Å². The molecule has 2 fully saturated rings. The summed E-state index contributed by atoms with van der Waals surface area (Å²) in [6, 6.07) is -0.183. The molecule has 0 spiro atoms. The maximum absolute atomic E-state index is 12.4. The van der Waals surface area contributed by atoms with Crippen LogP contribution >= 0.6 is 24.8 Å². The van der Waals surface area contributed by atoms with Gasteiger partial charge in [0, 0.05) is 59.5 Å². The van der Waals surface area contributed by atoms with Gasteiger partial charge < -0.3 is 25.0 Å². The number of rotatable bonds is 7. The summed E-state index contributed by atoms with van der Waals surface area (Å²) in [6.45, 7) is 7.84. The van der Waals surface area contributed by atoms with E-state index in [4.69, 9.17) is 9.47 Å². The van der Waals surface area contributed by atoms with Gasteiger partial charge in [-0.3, -0.25) is 14.5 Å². The van der Waals surface area contributed by atoms with Crippen molar-refractivity contribution in [3.05, 3.63) is 0 Å². The van der Waals surface area contributed by atoms with Crippen molar-refractivity contribution in [1.29, 1.82) is 0 Å². The number of piperazine rings is 1. The molecule has 8 nitrogen and oxygen atoms in total. The molecule has 154 valence electrons. The van der Waals surface area contributed by atoms with Gasteiger partial charge in [-0.1, -0.05) is 0 Å². The zero-order valence-electron chi connectivity index (χ0n) is 15.6. The van der Waals surface area contributed by atoms with Crippen molar-refractivity contribution >= 4 is 36.6 Å². The van der Waals surface area contributed by atoms with E-state index in [0.717, 1.165) is 13.0 Å². The average Bonchev–Trinajstić information content (AvgIpc) is 2.64. The predicted molar refractivity (Wildman–Crippen MR) is 104 cm³/mol. The summed E-state index contributed by atoms with van der Waals surface area (Å²) in [5.74, 6) is 0.0872. The van der Waals surface area contributed by atoms with Crippen molar-refractivity contribution in [1.82, 2.24) is 20.4 Å². The molecule has 10 heteroatoms. The average molecular weight is 415 g/mol. The molecular weight excluding hydrogens is 383 g/mol. The van der Waals surface area contributed by atoms with E-state index in [-0.39, 0.29) is 48.8 Å². The minimum atomic E-state index is -0.369. The van der Waals surface area contributed by atoms with E-state index < -0.39 is 0 Å². The van der Waals surface area contributed by atoms with Crippen molar-refractivity contribution in [2.24, 2.45) is 0 Å². The number of hydrogen-bond donors (Lipinski definition) is 2. The fourth-order valence-electron chi connectivity index (χ4n) is 3.00. The number of ether oxygens (including phenoxy) is 2. The summed E-state index contributed by atoms with van der Waals surface area (Å²) in [5, 5.41) is 6.11. The second-order valence-electron chi connectivity index (χ2n) is 6.24. The molecule has 2 N–H and O–H groups in total. The van der Waals surface area contributed by atoms with E-state index in [1.807, 2.05) is 11.8 Å². The van der Waals surface area contributed by atoms with E-state index >= 15 is 0 Å². The first-order valence-corrected chi connectivity index (χ1v) is 8.75. The SMILES string of the molecule is COCCCNC(=O)C(C)N1CCN(C(=O)C2CNCCO2)CC1.Cl.Cl. The summed E-state index contributed by atoms with van der Waals surface area (Å²) < 4.78 is 10.5. The van der Waals surface area contributed by atoms with Crippen LogP contribution in [0.25, 0.3) is 0 Å². The molecule has 0 saturated carbocycles. The van der Waals surface area contributed by atoms with Gasteiger partial charge in [-0.05, 0) is 13.3 Å². The molecule has 2 unspecified atom stereocenters. The Morgan fingerprint density at radius 2 is 1.96 bits per heavy atom. The number of carbonyl (C=O) groups excluding carboxylic acids is 2. The molecule has 0 aromatic heterocycles. The fourth-order valence-corrected chi connectivity index (χ4v) is 3.00. The molecule has 0 aliphatic carbocycles. The first-order chi connectivity index (χ1) is 11.6. The van der Waals surface area contributed by atoms with Crippen LogP contribution in [0.2, 0.25) is 0 Å². The number of hydrogen-bond acceptors (Lipinski definition) is 6. The fraction of sp³-hybridized carbons (Fsp3) is 0.875. The quantitative estimate of drug-likeness (QED) is 0.546. The Bertz CT molecular complexity index is 417. The van der Waals surface area contributed by atoms with E-state index in [9.17, 15) is 9.59 Å². The number of carbonyl (C=O) groups is 2. The second kappa shape index (κ2) is 13.5. The smallest absolute Gasteiger partial charge is 0.253 e. The highest BCUT2D eigenvalue weighted by Gasteiger charge is 2.31. The lowest BCUT2D eigenvalue weighted by Crippen LogP contribution is -2.58. The zero-order chi connectivity index (χ0) is 17.4. The Morgan fingerprint density at radius 1 is 1.27 bits per heavy atom. The molecule has 0 bridgehead atoms. The van der Waals surface area contributed by atoms with Gasteiger partial charge >= 0.3 is 0 Å². The Kier molecular flexibility index (Phi) is 13.2. The highest BCUT2D eigenvalue weighted by Crippen LogP contribution is 2.10. The maximum Gasteiger partial charge on any atom is 0.253 e. The standard InChI is InChI=1S/C16H30N4O4.2ClH/c1-13(15(21)18-4-3-10-23-2)19-6-8-20(9-7-19)16(22)14-12-17-5-11-24-14;;/h13-14,17H,3-12H2,1-2H3,(H,18,21);2*1H. The third kappa shape index (κ3) is 7.54. The summed E-state index contributed by atoms with van der Waals surface area (Å²) in [7, 11) is 1.65. The first-order valence-electron chi connectivity index (χ1n) is 8.75. The molecule has 0 aromatic rings. The van der Waals surface area contributed by atoms with Crippen LogP contribution in [0.1, 0.15) is 13.3 Å². The minimum absolute atomic E-state index is 0. The van der Waals surface area contributed by atoms with Gasteiger partial charge in [0.05, 0.1) is 12.6 Å². The monoisotopic (exact) mass is 414 g/mol. The van der Waals surface area contributed by atoms with E-state index in [2.05, 4.69) is 15.5 Å². The van der Waals surface area contributed by atoms with Crippen molar-refractivity contribution in [2.45, 2.75) is 25.5 Å². The van der Waals surface area contributed by atoms with Crippen LogP contribution in [0.4, 0.5) is 0 Å². The number of halogens is 2. The molecular formula is C16H32Cl2N4O4. The van der Waals surface area contributed by atoms with E-state index in [0.29, 0.717) is 52.5 Å². The molecule has 2 atom stereocenters. The van der Waals surface area contributed by atoms with Crippen LogP contribution in [0.15, 0.2) is 0 Å². The molecule has 0 aromatic carbocycles. The van der Waals surface area contributed by atoms with Crippen LogP contribution < -0.4 is 10.6 Å². The van der Waals surface area contributed by atoms with Crippen molar-refractivity contribution in [3.63, 3.8) is 0 Å². The summed E-state index contributed by atoms with van der Waals surface area (Å²) in [6.07, 6.45) is 0.443. The number of nitrogens with zero attached hydrogens (tertiary/aromatic N) is 2. The topological polar surface area (TPSA) is 83.1 Å². The molecule has 0 radical (unpaired) electrons. The van der Waals surface area contributed by atoms with E-state index in [1.165, 1.54) is 0 Å². The zero-order valence-corrected chi connectivity index (χ0v) is 17.2. The highest BCUT2D eigenvalue weighted by atomic mass is 35.5. The molecule has 2 aliphatic rings. The molecule has 2 aliphatic heterocycles. The van der Waals surface area contributed by atoms with Crippen molar-refractivity contribution in [2.75, 3.05) is 66.1 Å². The lowest BCUT2D eigenvalue weighted by Gasteiger charge is -2.39. The van der Waals surface area contributed by atoms with Crippen molar-refractivity contribution in [3.8, 4) is 0 Å². The number of morpholine rings is 1. The second-order valence-corrected chi connectivity index (χ2v) is 6.24. The van der Waals surface area contributed by atoms with Gasteiger partial charge in [-0.15, -0.1) is 24.8 Å². The lowest BCUT2D eigenvalue weighted by atomic mass is 10.2. The Morgan fingerprint density at radius 3 is 2.54 bits per heavy atom. The summed E-state index contributed by atoms with van der Waals surface area (Å²) in [4.78, 5) is 28.5. The normalized spacial score (nSPS) is 21.9. The van der Waals surface area contributed by atoms with Gasteiger partial charge in [0.2, 0.25) is 5.91 Å². The van der Waals surface area contributed by atoms with Gasteiger partial charge in [-0.2, -0.15) is 0 Å². The van der Waals surface area contributed by atoms with Gasteiger partial charge in [0.25, 0.3) is 5.91 Å². The molecule has 2 heterocycles. The Balaban J connectivity index is 0.00000312. The number of methoxy groups -OCH3 is 1. The molecule has 2 amide bonds. The van der Waals surface area contributed by atoms with Gasteiger partial charge in [0.15, 0.2) is 0 Å². The van der Waals surface area contributed by atoms with Crippen LogP contribution in [-0.4, -0.2) is 99.9 Å². The number of nitrogens with one attached hydrogen (secondary N) is 2. The molecule has 26 heavy (non-hydrogen) atoms. The third-order valence-electron chi connectivity index (χ3n) is 4.58. The largest absolute Gasteiger partial charge is 0.385 e. The summed E-state index contributed by atoms with van der Waals surface area (Å²) in [5.41, 5.74) is 0. The molecule has 2 saturated heterocycles. The predicted octanol–water partition coefficient (Wildman–Crippen LogP) is -0.496. The van der Waals surface area contributed by atoms with Crippen LogP contribution in [-0.2, 0) is 19.1 Å². The first kappa shape index (κ1) is 25.4. The summed E-state index contributed by atoms with van der Waals surface area (Å²) >= 11 is 0. The Labute approximate surface area is 168 Å². The highest BCUT2D eigenvalue weighted by molar-refractivity contribution is 5.85. The van der Waals surface area contributed by atoms with Crippen LogP contribution in [0.5, 0.6) is 0 Å². The maximum atomic E-state index is 12.4. The van der Waals surface area contributed by atoms with Crippen LogP contribution in [0, 0.1) is 0 Å². The van der Waals surface area contributed by atoms with Gasteiger partial charge in [-0.25, -0.2) is 0 Å². The third-order valence-corrected chi connectivity index (χ3v) is 4.58. The minimum Gasteiger partial charge on any atom is -0.385 e. The Hall–Kier alpha value is -0.640. The van der Waals surface area contributed by atoms with Crippen molar-refractivity contribution < 1.29 is 19.1 Å². The lowest BCUT2D eigenvalue weighted by molar-refractivity contribution is -0.147. The number of amides is 2.